The molecule has 3 nitrogen and oxygen atoms in total. The minimum absolute atomic E-state index is 0.631. The minimum Gasteiger partial charge on any atom is -0.480 e. The average Bonchev–Trinajstić information content (AvgIpc) is 2.54. The number of thioether (sulfide) groups is 1. The molecule has 0 unspecified atom stereocenters. The van der Waals surface area contributed by atoms with Crippen LogP contribution < -0.4 is 0 Å². The van der Waals surface area contributed by atoms with E-state index >= 15 is 0 Å². The molecule has 1 aliphatic heterocycles. The summed E-state index contributed by atoms with van der Waals surface area (Å²) >= 11 is 6.37. The molecule has 1 N–H and O–H groups in total. The third-order valence-electron chi connectivity index (χ3n) is 1.91. The summed E-state index contributed by atoms with van der Waals surface area (Å²) in [6.45, 7) is 4.18. The number of aliphatic carboxylic acids is 1. The van der Waals surface area contributed by atoms with Crippen LogP contribution in [0.5, 0.6) is 0 Å². The first-order chi connectivity index (χ1) is 6.43. The lowest BCUT2D eigenvalue weighted by Crippen LogP contribution is -2.32. The molecule has 78 valence electrons. The number of hydrogen-bond donors (Lipinski definition) is 1. The Labute approximate surface area is 93.2 Å². The number of carbonyl (C=O) groups is 1. The molecule has 14 heavy (non-hydrogen) atoms. The van der Waals surface area contributed by atoms with Crippen LogP contribution in [0.15, 0.2) is 12.3 Å². The fourth-order valence-electron chi connectivity index (χ4n) is 0.963. The third kappa shape index (κ3) is 2.72. The molecule has 0 radical (unpaired) electrons. The van der Waals surface area contributed by atoms with Crippen LogP contribution in [0.2, 0.25) is 0 Å². The Bertz CT molecular complexity index is 287. The summed E-state index contributed by atoms with van der Waals surface area (Å²) in [5, 5.41) is 8.92. The van der Waals surface area contributed by atoms with E-state index in [4.69, 9.17) is 17.3 Å². The van der Waals surface area contributed by atoms with Crippen molar-refractivity contribution in [1.29, 1.82) is 0 Å². The summed E-state index contributed by atoms with van der Waals surface area (Å²) in [7, 11) is 0. The smallest absolute Gasteiger partial charge is 0.319 e. The molecule has 5 heteroatoms. The first-order valence-electron chi connectivity index (χ1n) is 4.33. The summed E-state index contributed by atoms with van der Waals surface area (Å²) in [6.07, 6.45) is 4.92. The Morgan fingerprint density at radius 1 is 1.64 bits per heavy atom. The van der Waals surface area contributed by atoms with Gasteiger partial charge in [0.1, 0.15) is 9.07 Å². The Balaban J connectivity index is 2.55. The van der Waals surface area contributed by atoms with Crippen LogP contribution >= 0.6 is 24.0 Å². The Hall–Kier alpha value is -0.550. The van der Waals surface area contributed by atoms with Gasteiger partial charge in [-0.1, -0.05) is 30.1 Å². The third-order valence-corrected chi connectivity index (χ3v) is 3.49. The van der Waals surface area contributed by atoms with Gasteiger partial charge in [-0.15, -0.1) is 0 Å². The van der Waals surface area contributed by atoms with Crippen molar-refractivity contribution < 1.29 is 9.90 Å². The molecule has 0 fully saturated rings. The molecule has 1 rings (SSSR count). The van der Waals surface area contributed by atoms with Crippen LogP contribution in [-0.4, -0.2) is 31.6 Å². The lowest BCUT2D eigenvalue weighted by atomic mass is 10.2. The average molecular weight is 231 g/mol. The molecule has 0 aromatic heterocycles. The molecule has 1 aliphatic rings. The molecule has 0 saturated heterocycles. The number of rotatable bonds is 2. The van der Waals surface area contributed by atoms with E-state index in [0.717, 1.165) is 13.0 Å². The predicted molar refractivity (Wildman–Crippen MR) is 62.4 cm³/mol. The van der Waals surface area contributed by atoms with Crippen LogP contribution in [0.3, 0.4) is 0 Å². The molecule has 0 bridgehead atoms. The molecule has 0 aromatic carbocycles. The first kappa shape index (κ1) is 11.5. The lowest BCUT2D eigenvalue weighted by molar-refractivity contribution is -0.138. The van der Waals surface area contributed by atoms with E-state index in [2.05, 4.69) is 0 Å². The molecule has 1 heterocycles. The zero-order valence-corrected chi connectivity index (χ0v) is 9.82. The van der Waals surface area contributed by atoms with E-state index in [0.29, 0.717) is 4.32 Å². The maximum atomic E-state index is 10.9. The number of nitrogens with zero attached hydrogens (tertiary/aromatic N) is 1. The van der Waals surface area contributed by atoms with E-state index in [-0.39, 0.29) is 0 Å². The number of thiocarbonyl (C=S) groups is 1. The molecule has 0 aromatic rings. The fourth-order valence-corrected chi connectivity index (χ4v) is 2.53. The Kier molecular flexibility index (Phi) is 3.55. The molecule has 0 atom stereocenters. The van der Waals surface area contributed by atoms with Crippen LogP contribution in [0.25, 0.3) is 0 Å². The topological polar surface area (TPSA) is 40.5 Å². The largest absolute Gasteiger partial charge is 0.480 e. The van der Waals surface area contributed by atoms with E-state index in [1.54, 1.807) is 13.8 Å². The van der Waals surface area contributed by atoms with Crippen LogP contribution in [-0.2, 0) is 4.79 Å². The van der Waals surface area contributed by atoms with Gasteiger partial charge in [0.05, 0.1) is 0 Å². The first-order valence-corrected chi connectivity index (χ1v) is 5.55. The van der Waals surface area contributed by atoms with Crippen molar-refractivity contribution in [2.24, 2.45) is 0 Å². The van der Waals surface area contributed by atoms with E-state index in [9.17, 15) is 4.79 Å². The van der Waals surface area contributed by atoms with Crippen molar-refractivity contribution in [3.63, 3.8) is 0 Å². The molecular formula is C9H13NO2S2. The second kappa shape index (κ2) is 4.31. The van der Waals surface area contributed by atoms with Gasteiger partial charge in [-0.05, 0) is 20.3 Å². The van der Waals surface area contributed by atoms with Crippen molar-refractivity contribution >= 4 is 34.3 Å². The summed E-state index contributed by atoms with van der Waals surface area (Å²) in [6, 6.07) is 0. The Morgan fingerprint density at radius 3 is 2.71 bits per heavy atom. The number of carboxylic acids is 1. The number of hydrogen-bond acceptors (Lipinski definition) is 3. The van der Waals surface area contributed by atoms with E-state index in [1.807, 2.05) is 17.2 Å². The second-order valence-corrected chi connectivity index (χ2v) is 5.81. The monoisotopic (exact) mass is 231 g/mol. The highest BCUT2D eigenvalue weighted by molar-refractivity contribution is 8.24. The van der Waals surface area contributed by atoms with Crippen molar-refractivity contribution in [2.75, 3.05) is 6.54 Å². The van der Waals surface area contributed by atoms with Gasteiger partial charge in [-0.3, -0.25) is 4.79 Å². The summed E-state index contributed by atoms with van der Waals surface area (Å²) in [5.41, 5.74) is 0. The van der Waals surface area contributed by atoms with Gasteiger partial charge < -0.3 is 10.0 Å². The highest BCUT2D eigenvalue weighted by Crippen LogP contribution is 2.28. The summed E-state index contributed by atoms with van der Waals surface area (Å²) < 4.78 is -0.223. The van der Waals surface area contributed by atoms with Crippen LogP contribution in [0, 0.1) is 0 Å². The molecule has 0 amide bonds. The van der Waals surface area contributed by atoms with Gasteiger partial charge in [0, 0.05) is 12.7 Å². The quantitative estimate of drug-likeness (QED) is 0.737. The number of carboxylic acid groups (broad SMARTS) is 1. The molecule has 0 spiro atoms. The maximum Gasteiger partial charge on any atom is 0.319 e. The SMILES string of the molecule is CC(C)(SC(=S)N1C=CCC1)C(=O)O. The molecular weight excluding hydrogens is 218 g/mol. The van der Waals surface area contributed by atoms with Crippen molar-refractivity contribution in [3.05, 3.63) is 12.3 Å². The van der Waals surface area contributed by atoms with Crippen molar-refractivity contribution in [3.8, 4) is 0 Å². The highest BCUT2D eigenvalue weighted by atomic mass is 32.2. The van der Waals surface area contributed by atoms with Gasteiger partial charge in [0.25, 0.3) is 0 Å². The Morgan fingerprint density at radius 2 is 2.29 bits per heavy atom. The summed E-state index contributed by atoms with van der Waals surface area (Å²) in [4.78, 5) is 12.8. The minimum atomic E-state index is -0.854. The van der Waals surface area contributed by atoms with Gasteiger partial charge >= 0.3 is 5.97 Å². The van der Waals surface area contributed by atoms with E-state index in [1.165, 1.54) is 11.8 Å². The van der Waals surface area contributed by atoms with Gasteiger partial charge in [-0.25, -0.2) is 0 Å². The van der Waals surface area contributed by atoms with Gasteiger partial charge in [0.2, 0.25) is 0 Å². The van der Waals surface area contributed by atoms with Crippen LogP contribution in [0.1, 0.15) is 20.3 Å². The molecule has 0 saturated carbocycles. The fraction of sp³-hybridized carbons (Fsp3) is 0.556. The van der Waals surface area contributed by atoms with Crippen LogP contribution in [0.4, 0.5) is 0 Å². The van der Waals surface area contributed by atoms with E-state index < -0.39 is 10.7 Å². The second-order valence-electron chi connectivity index (χ2n) is 3.55. The molecule has 0 aliphatic carbocycles. The lowest BCUT2D eigenvalue weighted by Gasteiger charge is -2.23. The zero-order valence-electron chi connectivity index (χ0n) is 8.19. The normalized spacial score (nSPS) is 16.0. The van der Waals surface area contributed by atoms with Crippen molar-refractivity contribution in [1.82, 2.24) is 4.90 Å². The zero-order chi connectivity index (χ0) is 10.8. The summed E-state index contributed by atoms with van der Waals surface area (Å²) in [5.74, 6) is -0.840. The maximum absolute atomic E-state index is 10.9. The van der Waals surface area contributed by atoms with Crippen molar-refractivity contribution in [2.45, 2.75) is 25.0 Å². The highest BCUT2D eigenvalue weighted by Gasteiger charge is 2.31. The predicted octanol–water partition coefficient (Wildman–Crippen LogP) is 2.09. The van der Waals surface area contributed by atoms with Gasteiger partial charge in [0.15, 0.2) is 0 Å². The van der Waals surface area contributed by atoms with Gasteiger partial charge in [-0.2, -0.15) is 0 Å². The standard InChI is InChI=1S/C9H13NO2S2/c1-9(2,7(11)12)14-8(13)10-5-3-4-6-10/h3,5H,4,6H2,1-2H3,(H,11,12).